The highest BCUT2D eigenvalue weighted by Crippen LogP contribution is 2.27. The molecule has 1 amide bonds. The van der Waals surface area contributed by atoms with Gasteiger partial charge >= 0.3 is 0 Å². The number of amides is 1. The van der Waals surface area contributed by atoms with Gasteiger partial charge in [-0.25, -0.2) is 8.42 Å². The number of ether oxygens (including phenoxy) is 1. The second kappa shape index (κ2) is 10.7. The summed E-state index contributed by atoms with van der Waals surface area (Å²) in [5.74, 6) is 0.402. The van der Waals surface area contributed by atoms with Gasteiger partial charge in [0.15, 0.2) is 0 Å². The molecule has 0 fully saturated rings. The molecule has 0 aliphatic heterocycles. The minimum atomic E-state index is -3.95. The van der Waals surface area contributed by atoms with E-state index in [1.165, 1.54) is 16.4 Å². The maximum atomic E-state index is 13.6. The summed E-state index contributed by atoms with van der Waals surface area (Å²) in [4.78, 5) is 13.3. The van der Waals surface area contributed by atoms with Gasteiger partial charge in [-0.3, -0.25) is 9.10 Å². The molecule has 0 aliphatic carbocycles. The average Bonchev–Trinajstić information content (AvgIpc) is 2.80. The Morgan fingerprint density at radius 2 is 1.62 bits per heavy atom. The summed E-state index contributed by atoms with van der Waals surface area (Å²) in [5.41, 5.74) is 4.21. The summed E-state index contributed by atoms with van der Waals surface area (Å²) in [7, 11) is -2.33. The molecule has 0 radical (unpaired) electrons. The molecule has 180 valence electrons. The Balaban J connectivity index is 1.92. The van der Waals surface area contributed by atoms with Crippen molar-refractivity contribution < 1.29 is 17.9 Å². The van der Waals surface area contributed by atoms with E-state index in [0.29, 0.717) is 12.1 Å². The Labute approximate surface area is 202 Å². The van der Waals surface area contributed by atoms with E-state index in [1.54, 1.807) is 37.4 Å². The molecule has 0 saturated heterocycles. The number of nitrogens with one attached hydrogen (secondary N) is 1. The summed E-state index contributed by atoms with van der Waals surface area (Å²) in [6.45, 7) is 7.41. The molecule has 34 heavy (non-hydrogen) atoms. The average molecular weight is 481 g/mol. The molecule has 0 heterocycles. The van der Waals surface area contributed by atoms with E-state index < -0.39 is 10.0 Å². The van der Waals surface area contributed by atoms with Gasteiger partial charge in [-0.15, -0.1) is 0 Å². The molecule has 3 aromatic carbocycles. The van der Waals surface area contributed by atoms with Crippen LogP contribution in [-0.4, -0.2) is 28.0 Å². The van der Waals surface area contributed by atoms with Crippen molar-refractivity contribution in [3.05, 3.63) is 89.0 Å². The number of methoxy groups -OCH3 is 1. The Bertz CT molecular complexity index is 1240. The lowest BCUT2D eigenvalue weighted by molar-refractivity contribution is -0.120. The lowest BCUT2D eigenvalue weighted by Crippen LogP contribution is -2.42. The lowest BCUT2D eigenvalue weighted by Gasteiger charge is -2.26. The normalized spacial score (nSPS) is 12.1. The number of nitrogens with zero attached hydrogens (tertiary/aromatic N) is 1. The van der Waals surface area contributed by atoms with Crippen LogP contribution in [0.5, 0.6) is 5.75 Å². The maximum absolute atomic E-state index is 13.6. The van der Waals surface area contributed by atoms with Crippen LogP contribution in [0.1, 0.15) is 41.6 Å². The molecule has 1 atom stereocenters. The number of carbonyl (C=O) groups excluding carboxylic acids is 1. The number of rotatable bonds is 9. The molecule has 6 nitrogen and oxygen atoms in total. The Morgan fingerprint density at radius 1 is 0.971 bits per heavy atom. The molecule has 3 rings (SSSR count). The van der Waals surface area contributed by atoms with Gasteiger partial charge in [-0.05, 0) is 79.8 Å². The van der Waals surface area contributed by atoms with Gasteiger partial charge in [0.2, 0.25) is 5.91 Å². The molecule has 1 N–H and O–H groups in total. The van der Waals surface area contributed by atoms with Crippen LogP contribution in [0, 0.1) is 20.8 Å². The minimum absolute atomic E-state index is 0.139. The smallest absolute Gasteiger partial charge is 0.264 e. The van der Waals surface area contributed by atoms with E-state index in [9.17, 15) is 13.2 Å². The van der Waals surface area contributed by atoms with Crippen molar-refractivity contribution in [3.63, 3.8) is 0 Å². The van der Waals surface area contributed by atoms with E-state index in [-0.39, 0.29) is 23.4 Å². The van der Waals surface area contributed by atoms with Crippen molar-refractivity contribution in [2.24, 2.45) is 0 Å². The first-order chi connectivity index (χ1) is 16.1. The number of sulfonamides is 1. The van der Waals surface area contributed by atoms with E-state index in [4.69, 9.17) is 4.74 Å². The number of carbonyl (C=O) groups is 1. The van der Waals surface area contributed by atoms with Crippen molar-refractivity contribution in [1.82, 2.24) is 5.32 Å². The zero-order valence-corrected chi connectivity index (χ0v) is 21.1. The zero-order valence-electron chi connectivity index (χ0n) is 20.3. The van der Waals surface area contributed by atoms with Crippen LogP contribution in [-0.2, 0) is 14.8 Å². The second-order valence-electron chi connectivity index (χ2n) is 8.43. The lowest BCUT2D eigenvalue weighted by atomic mass is 10.0. The molecular weight excluding hydrogens is 448 g/mol. The number of aryl methyl sites for hydroxylation is 3. The predicted molar refractivity (Wildman–Crippen MR) is 136 cm³/mol. The SMILES string of the molecule is CC[C@H](NC(=O)CN(c1cc(C)cc(C)c1)S(=O)(=O)c1ccccc1)c1ccc(OC)c(C)c1. The summed E-state index contributed by atoms with van der Waals surface area (Å²) >= 11 is 0. The van der Waals surface area contributed by atoms with Crippen LogP contribution < -0.4 is 14.4 Å². The van der Waals surface area contributed by atoms with Gasteiger partial charge in [-0.1, -0.05) is 43.3 Å². The van der Waals surface area contributed by atoms with E-state index in [1.807, 2.05) is 52.0 Å². The number of hydrogen-bond donors (Lipinski definition) is 1. The molecule has 0 spiro atoms. The van der Waals surface area contributed by atoms with E-state index in [2.05, 4.69) is 5.32 Å². The fourth-order valence-electron chi connectivity index (χ4n) is 4.04. The van der Waals surface area contributed by atoms with E-state index in [0.717, 1.165) is 28.0 Å². The fraction of sp³-hybridized carbons (Fsp3) is 0.296. The second-order valence-corrected chi connectivity index (χ2v) is 10.3. The van der Waals surface area contributed by atoms with Crippen LogP contribution in [0.3, 0.4) is 0 Å². The topological polar surface area (TPSA) is 75.7 Å². The van der Waals surface area contributed by atoms with Crippen molar-refractivity contribution in [3.8, 4) is 5.75 Å². The molecule has 7 heteroatoms. The Kier molecular flexibility index (Phi) is 7.99. The minimum Gasteiger partial charge on any atom is -0.496 e. The van der Waals surface area contributed by atoms with Gasteiger partial charge < -0.3 is 10.1 Å². The maximum Gasteiger partial charge on any atom is 0.264 e. The van der Waals surface area contributed by atoms with Crippen molar-refractivity contribution in [2.45, 2.75) is 45.1 Å². The van der Waals surface area contributed by atoms with Crippen LogP contribution in [0.4, 0.5) is 5.69 Å². The van der Waals surface area contributed by atoms with Crippen LogP contribution in [0.15, 0.2) is 71.6 Å². The van der Waals surface area contributed by atoms with Gasteiger partial charge in [-0.2, -0.15) is 0 Å². The first kappa shape index (κ1) is 25.3. The third kappa shape index (κ3) is 5.78. The van der Waals surface area contributed by atoms with Gasteiger partial charge in [0.05, 0.1) is 23.7 Å². The summed E-state index contributed by atoms with van der Waals surface area (Å²) in [6.07, 6.45) is 0.659. The summed E-state index contributed by atoms with van der Waals surface area (Å²) in [6, 6.07) is 19.2. The Hall–Kier alpha value is -3.32. The number of hydrogen-bond acceptors (Lipinski definition) is 4. The quantitative estimate of drug-likeness (QED) is 0.463. The van der Waals surface area contributed by atoms with Crippen LogP contribution in [0.25, 0.3) is 0 Å². The Morgan fingerprint density at radius 3 is 2.18 bits per heavy atom. The fourth-order valence-corrected chi connectivity index (χ4v) is 5.46. The largest absolute Gasteiger partial charge is 0.496 e. The molecule has 0 aliphatic rings. The van der Waals surface area contributed by atoms with Crippen LogP contribution >= 0.6 is 0 Å². The van der Waals surface area contributed by atoms with E-state index >= 15 is 0 Å². The molecule has 0 bridgehead atoms. The van der Waals surface area contributed by atoms with Crippen molar-refractivity contribution >= 4 is 21.6 Å². The first-order valence-electron chi connectivity index (χ1n) is 11.3. The van der Waals surface area contributed by atoms with Crippen LogP contribution in [0.2, 0.25) is 0 Å². The van der Waals surface area contributed by atoms with Gasteiger partial charge in [0, 0.05) is 0 Å². The highest BCUT2D eigenvalue weighted by atomic mass is 32.2. The monoisotopic (exact) mass is 480 g/mol. The molecule has 0 aromatic heterocycles. The molecule has 0 unspecified atom stereocenters. The third-order valence-electron chi connectivity index (χ3n) is 5.68. The number of anilines is 1. The molecule has 3 aromatic rings. The van der Waals surface area contributed by atoms with Crippen molar-refractivity contribution in [1.29, 1.82) is 0 Å². The highest BCUT2D eigenvalue weighted by molar-refractivity contribution is 7.92. The predicted octanol–water partition coefficient (Wildman–Crippen LogP) is 5.08. The number of benzene rings is 3. The standard InChI is InChI=1S/C27H32N2O4S/c1-6-25(22-12-13-26(33-5)21(4)17-22)28-27(30)18-29(23-15-19(2)14-20(3)16-23)34(31,32)24-10-8-7-9-11-24/h7-17,25H,6,18H2,1-5H3,(H,28,30)/t25-/m0/s1. The van der Waals surface area contributed by atoms with Crippen molar-refractivity contribution in [2.75, 3.05) is 18.0 Å². The molecule has 0 saturated carbocycles. The molecular formula is C27H32N2O4S. The summed E-state index contributed by atoms with van der Waals surface area (Å²) < 4.78 is 33.6. The van der Waals surface area contributed by atoms with Gasteiger partial charge in [0.1, 0.15) is 12.3 Å². The van der Waals surface area contributed by atoms with Gasteiger partial charge in [0.25, 0.3) is 10.0 Å². The zero-order chi connectivity index (χ0) is 24.9. The third-order valence-corrected chi connectivity index (χ3v) is 7.47. The summed E-state index contributed by atoms with van der Waals surface area (Å²) in [5, 5.41) is 3.01. The highest BCUT2D eigenvalue weighted by Gasteiger charge is 2.28. The first-order valence-corrected chi connectivity index (χ1v) is 12.7.